The molecule has 0 saturated heterocycles. The Labute approximate surface area is 78.4 Å². The Balaban J connectivity index is 2.57. The molecule has 3 nitrogen and oxygen atoms in total. The number of rotatable bonds is 1. The van der Waals surface area contributed by atoms with E-state index in [0.717, 1.165) is 30.8 Å². The first kappa shape index (κ1) is 8.63. The van der Waals surface area contributed by atoms with Crippen LogP contribution in [0.25, 0.3) is 0 Å². The average molecular weight is 177 g/mol. The monoisotopic (exact) mass is 177 g/mol. The van der Waals surface area contributed by atoms with E-state index >= 15 is 0 Å². The standard InChI is InChI=1S/C10H15N3/c1-3-8-10-7(11)4-5-9(10)13-6(2)12-8/h7H,3-5,11H2,1-2H3. The first-order chi connectivity index (χ1) is 6.22. The first-order valence-corrected chi connectivity index (χ1v) is 4.84. The number of aromatic nitrogens is 2. The maximum atomic E-state index is 5.99. The SMILES string of the molecule is CCc1nc(C)nc2c1C(N)CC2. The van der Waals surface area contributed by atoms with Gasteiger partial charge in [-0.2, -0.15) is 0 Å². The number of nitrogens with two attached hydrogens (primary N) is 1. The third kappa shape index (κ3) is 1.33. The highest BCUT2D eigenvalue weighted by molar-refractivity contribution is 5.33. The normalized spacial score (nSPS) is 20.4. The molecule has 1 aromatic rings. The fourth-order valence-electron chi connectivity index (χ4n) is 2.03. The molecule has 1 unspecified atom stereocenters. The molecule has 0 aliphatic heterocycles. The summed E-state index contributed by atoms with van der Waals surface area (Å²) in [4.78, 5) is 8.84. The summed E-state index contributed by atoms with van der Waals surface area (Å²) < 4.78 is 0. The predicted molar refractivity (Wildman–Crippen MR) is 51.4 cm³/mol. The van der Waals surface area contributed by atoms with E-state index < -0.39 is 0 Å². The van der Waals surface area contributed by atoms with E-state index in [0.29, 0.717) is 0 Å². The van der Waals surface area contributed by atoms with Crippen molar-refractivity contribution >= 4 is 0 Å². The van der Waals surface area contributed by atoms with E-state index in [4.69, 9.17) is 5.73 Å². The average Bonchev–Trinajstić information content (AvgIpc) is 2.46. The van der Waals surface area contributed by atoms with Gasteiger partial charge in [-0.1, -0.05) is 6.92 Å². The minimum Gasteiger partial charge on any atom is -0.324 e. The van der Waals surface area contributed by atoms with E-state index in [2.05, 4.69) is 16.9 Å². The quantitative estimate of drug-likeness (QED) is 0.703. The summed E-state index contributed by atoms with van der Waals surface area (Å²) >= 11 is 0. The molecule has 2 N–H and O–H groups in total. The van der Waals surface area contributed by atoms with Gasteiger partial charge in [-0.25, -0.2) is 9.97 Å². The van der Waals surface area contributed by atoms with E-state index in [1.807, 2.05) is 6.92 Å². The van der Waals surface area contributed by atoms with E-state index in [1.54, 1.807) is 0 Å². The van der Waals surface area contributed by atoms with E-state index in [9.17, 15) is 0 Å². The van der Waals surface area contributed by atoms with Crippen LogP contribution in [-0.4, -0.2) is 9.97 Å². The summed E-state index contributed by atoms with van der Waals surface area (Å²) in [5.41, 5.74) is 9.53. The number of fused-ring (bicyclic) bond motifs is 1. The Morgan fingerprint density at radius 3 is 2.92 bits per heavy atom. The summed E-state index contributed by atoms with van der Waals surface area (Å²) in [7, 11) is 0. The molecule has 0 spiro atoms. The number of hydrogen-bond donors (Lipinski definition) is 1. The summed E-state index contributed by atoms with van der Waals surface area (Å²) in [6.45, 7) is 4.07. The Bertz CT molecular complexity index is 333. The molecule has 1 heterocycles. The molecule has 1 atom stereocenters. The van der Waals surface area contributed by atoms with Gasteiger partial charge in [0.2, 0.25) is 0 Å². The largest absolute Gasteiger partial charge is 0.324 e. The van der Waals surface area contributed by atoms with Crippen molar-refractivity contribution in [2.24, 2.45) is 5.73 Å². The molecular formula is C10H15N3. The Morgan fingerprint density at radius 1 is 1.46 bits per heavy atom. The predicted octanol–water partition coefficient (Wildman–Crippen LogP) is 1.29. The van der Waals surface area contributed by atoms with Gasteiger partial charge in [-0.3, -0.25) is 0 Å². The van der Waals surface area contributed by atoms with Crippen LogP contribution < -0.4 is 5.73 Å². The lowest BCUT2D eigenvalue weighted by Crippen LogP contribution is -2.11. The molecule has 0 radical (unpaired) electrons. The zero-order chi connectivity index (χ0) is 9.42. The molecule has 0 saturated carbocycles. The Hall–Kier alpha value is -0.960. The van der Waals surface area contributed by atoms with Gasteiger partial charge >= 0.3 is 0 Å². The number of nitrogens with zero attached hydrogens (tertiary/aromatic N) is 2. The summed E-state index contributed by atoms with van der Waals surface area (Å²) in [6, 6.07) is 0.172. The highest BCUT2D eigenvalue weighted by Gasteiger charge is 2.24. The van der Waals surface area contributed by atoms with Gasteiger partial charge < -0.3 is 5.73 Å². The van der Waals surface area contributed by atoms with Crippen molar-refractivity contribution in [1.29, 1.82) is 0 Å². The van der Waals surface area contributed by atoms with Crippen molar-refractivity contribution < 1.29 is 0 Å². The third-order valence-electron chi connectivity index (χ3n) is 2.61. The third-order valence-corrected chi connectivity index (χ3v) is 2.61. The maximum Gasteiger partial charge on any atom is 0.125 e. The molecule has 1 aromatic heterocycles. The highest BCUT2D eigenvalue weighted by atomic mass is 14.9. The summed E-state index contributed by atoms with van der Waals surface area (Å²) in [6.07, 6.45) is 3.01. The van der Waals surface area contributed by atoms with Crippen molar-refractivity contribution in [2.75, 3.05) is 0 Å². The molecule has 0 bridgehead atoms. The van der Waals surface area contributed by atoms with Crippen molar-refractivity contribution in [3.05, 3.63) is 22.8 Å². The molecular weight excluding hydrogens is 162 g/mol. The highest BCUT2D eigenvalue weighted by Crippen LogP contribution is 2.30. The molecule has 1 aliphatic carbocycles. The summed E-state index contributed by atoms with van der Waals surface area (Å²) in [5.74, 6) is 0.879. The van der Waals surface area contributed by atoms with Crippen LogP contribution in [0.3, 0.4) is 0 Å². The molecule has 70 valence electrons. The van der Waals surface area contributed by atoms with E-state index in [1.165, 1.54) is 11.3 Å². The number of hydrogen-bond acceptors (Lipinski definition) is 3. The summed E-state index contributed by atoms with van der Waals surface area (Å²) in [5, 5.41) is 0. The smallest absolute Gasteiger partial charge is 0.125 e. The van der Waals surface area contributed by atoms with Crippen LogP contribution >= 0.6 is 0 Å². The lowest BCUT2D eigenvalue weighted by Gasteiger charge is -2.09. The van der Waals surface area contributed by atoms with Gasteiger partial charge in [0.15, 0.2) is 0 Å². The first-order valence-electron chi connectivity index (χ1n) is 4.84. The zero-order valence-electron chi connectivity index (χ0n) is 8.17. The van der Waals surface area contributed by atoms with Gasteiger partial charge in [0.05, 0.1) is 0 Å². The Kier molecular flexibility index (Phi) is 2.04. The lowest BCUT2D eigenvalue weighted by molar-refractivity contribution is 0.703. The molecule has 0 fully saturated rings. The maximum absolute atomic E-state index is 5.99. The molecule has 0 aromatic carbocycles. The fraction of sp³-hybridized carbons (Fsp3) is 0.600. The van der Waals surface area contributed by atoms with Gasteiger partial charge in [0.1, 0.15) is 5.82 Å². The lowest BCUT2D eigenvalue weighted by atomic mass is 10.1. The zero-order valence-corrected chi connectivity index (χ0v) is 8.17. The fourth-order valence-corrected chi connectivity index (χ4v) is 2.03. The van der Waals surface area contributed by atoms with E-state index in [-0.39, 0.29) is 6.04 Å². The van der Waals surface area contributed by atoms with Crippen molar-refractivity contribution in [1.82, 2.24) is 9.97 Å². The minimum atomic E-state index is 0.172. The Morgan fingerprint density at radius 2 is 2.23 bits per heavy atom. The topological polar surface area (TPSA) is 51.8 Å². The molecule has 13 heavy (non-hydrogen) atoms. The van der Waals surface area contributed by atoms with Crippen LogP contribution in [0.1, 0.15) is 42.2 Å². The number of aryl methyl sites for hydroxylation is 3. The van der Waals surface area contributed by atoms with Gasteiger partial charge in [-0.05, 0) is 26.2 Å². The van der Waals surface area contributed by atoms with Crippen molar-refractivity contribution in [3.63, 3.8) is 0 Å². The van der Waals surface area contributed by atoms with Crippen molar-refractivity contribution in [2.45, 2.75) is 39.2 Å². The van der Waals surface area contributed by atoms with Crippen LogP contribution in [0.5, 0.6) is 0 Å². The molecule has 0 amide bonds. The van der Waals surface area contributed by atoms with Gasteiger partial charge in [0, 0.05) is 23.0 Å². The van der Waals surface area contributed by atoms with Crippen LogP contribution in [0.15, 0.2) is 0 Å². The molecule has 1 aliphatic rings. The van der Waals surface area contributed by atoms with Crippen LogP contribution in [0.4, 0.5) is 0 Å². The van der Waals surface area contributed by atoms with Crippen LogP contribution in [-0.2, 0) is 12.8 Å². The van der Waals surface area contributed by atoms with Crippen molar-refractivity contribution in [3.8, 4) is 0 Å². The molecule has 2 rings (SSSR count). The molecule has 3 heteroatoms. The van der Waals surface area contributed by atoms with Crippen LogP contribution in [0.2, 0.25) is 0 Å². The second-order valence-electron chi connectivity index (χ2n) is 3.58. The second kappa shape index (κ2) is 3.07. The second-order valence-corrected chi connectivity index (χ2v) is 3.58. The minimum absolute atomic E-state index is 0.172. The van der Waals surface area contributed by atoms with Gasteiger partial charge in [-0.15, -0.1) is 0 Å². The van der Waals surface area contributed by atoms with Gasteiger partial charge in [0.25, 0.3) is 0 Å². The van der Waals surface area contributed by atoms with Crippen LogP contribution in [0, 0.1) is 6.92 Å².